The lowest BCUT2D eigenvalue weighted by Gasteiger charge is -2.09. The van der Waals surface area contributed by atoms with Gasteiger partial charge in [0.15, 0.2) is 0 Å². The molecule has 0 atom stereocenters. The number of rotatable bonds is 2. The van der Waals surface area contributed by atoms with Crippen LogP contribution in [0.2, 0.25) is 10.0 Å². The van der Waals surface area contributed by atoms with Crippen LogP contribution in [0.5, 0.6) is 0 Å². The van der Waals surface area contributed by atoms with Gasteiger partial charge in [-0.25, -0.2) is 4.21 Å². The van der Waals surface area contributed by atoms with E-state index in [2.05, 4.69) is 0 Å². The minimum atomic E-state index is -1.26. The summed E-state index contributed by atoms with van der Waals surface area (Å²) in [5.41, 5.74) is 1.91. The Morgan fingerprint density at radius 2 is 1.22 bits per heavy atom. The molecule has 4 heteroatoms. The highest BCUT2D eigenvalue weighted by Crippen LogP contribution is 2.27. The van der Waals surface area contributed by atoms with Crippen molar-refractivity contribution in [3.63, 3.8) is 0 Å². The molecule has 0 spiro atoms. The maximum absolute atomic E-state index is 12.6. The van der Waals surface area contributed by atoms with Crippen molar-refractivity contribution < 1.29 is 4.21 Å². The van der Waals surface area contributed by atoms with Crippen LogP contribution in [0, 0.1) is 13.8 Å². The van der Waals surface area contributed by atoms with Crippen molar-refractivity contribution in [3.05, 3.63) is 57.6 Å². The standard InChI is InChI=1S/C14H12Cl2OS/c1-9-3-5-11(15)7-13(9)18(17)14-8-12(16)6-4-10(14)2/h3-8H,1-2H3. The predicted molar refractivity (Wildman–Crippen MR) is 77.1 cm³/mol. The van der Waals surface area contributed by atoms with Gasteiger partial charge in [0.1, 0.15) is 0 Å². The van der Waals surface area contributed by atoms with Crippen LogP contribution in [-0.4, -0.2) is 4.21 Å². The molecule has 0 amide bonds. The van der Waals surface area contributed by atoms with E-state index in [1.54, 1.807) is 24.3 Å². The van der Waals surface area contributed by atoms with Crippen LogP contribution in [0.15, 0.2) is 46.2 Å². The average Bonchev–Trinajstić information content (AvgIpc) is 2.34. The third kappa shape index (κ3) is 2.77. The van der Waals surface area contributed by atoms with Crippen LogP contribution in [0.1, 0.15) is 11.1 Å². The molecule has 2 aromatic carbocycles. The number of hydrogen-bond acceptors (Lipinski definition) is 1. The Morgan fingerprint density at radius 3 is 1.61 bits per heavy atom. The Labute approximate surface area is 119 Å². The van der Waals surface area contributed by atoms with Crippen LogP contribution in [-0.2, 0) is 10.8 Å². The van der Waals surface area contributed by atoms with Crippen molar-refractivity contribution >= 4 is 34.0 Å². The summed E-state index contributed by atoms with van der Waals surface area (Å²) in [5, 5.41) is 1.17. The van der Waals surface area contributed by atoms with Crippen LogP contribution in [0.4, 0.5) is 0 Å². The molecule has 0 heterocycles. The van der Waals surface area contributed by atoms with Crippen LogP contribution >= 0.6 is 23.2 Å². The summed E-state index contributed by atoms with van der Waals surface area (Å²) in [6, 6.07) is 10.8. The summed E-state index contributed by atoms with van der Waals surface area (Å²) in [4.78, 5) is 1.46. The van der Waals surface area contributed by atoms with Gasteiger partial charge in [0.05, 0.1) is 10.8 Å². The SMILES string of the molecule is Cc1ccc(Cl)cc1S(=O)c1cc(Cl)ccc1C. The molecule has 0 bridgehead atoms. The summed E-state index contributed by atoms with van der Waals surface area (Å²) in [5.74, 6) is 0. The summed E-state index contributed by atoms with van der Waals surface area (Å²) < 4.78 is 12.6. The zero-order chi connectivity index (χ0) is 13.3. The van der Waals surface area contributed by atoms with E-state index in [-0.39, 0.29) is 0 Å². The quantitative estimate of drug-likeness (QED) is 0.780. The first-order valence-electron chi connectivity index (χ1n) is 5.43. The maximum Gasteiger partial charge on any atom is 0.0856 e. The Morgan fingerprint density at radius 1 is 0.833 bits per heavy atom. The predicted octanol–water partition coefficient (Wildman–Crippen LogP) is 4.78. The normalized spacial score (nSPS) is 10.9. The number of benzene rings is 2. The molecule has 0 aromatic heterocycles. The smallest absolute Gasteiger partial charge is 0.0856 e. The molecule has 0 saturated heterocycles. The molecule has 18 heavy (non-hydrogen) atoms. The number of hydrogen-bond donors (Lipinski definition) is 0. The van der Waals surface area contributed by atoms with Gasteiger partial charge in [-0.3, -0.25) is 0 Å². The second kappa shape index (κ2) is 5.43. The highest BCUT2D eigenvalue weighted by atomic mass is 35.5. The summed E-state index contributed by atoms with van der Waals surface area (Å²) in [6.07, 6.45) is 0. The Kier molecular flexibility index (Phi) is 4.10. The molecule has 0 fully saturated rings. The number of halogens is 2. The number of aryl methyl sites for hydroxylation is 2. The second-order valence-corrected chi connectivity index (χ2v) is 6.38. The Hall–Kier alpha value is -0.830. The van der Waals surface area contributed by atoms with Gasteiger partial charge in [-0.05, 0) is 49.2 Å². The molecular weight excluding hydrogens is 287 g/mol. The molecule has 0 aliphatic heterocycles. The largest absolute Gasteiger partial charge is 0.249 e. The highest BCUT2D eigenvalue weighted by Gasteiger charge is 2.13. The minimum absolute atomic E-state index is 0.587. The van der Waals surface area contributed by atoms with E-state index >= 15 is 0 Å². The van der Waals surface area contributed by atoms with Crippen molar-refractivity contribution in [2.45, 2.75) is 23.6 Å². The van der Waals surface area contributed by atoms with Crippen LogP contribution < -0.4 is 0 Å². The molecule has 1 nitrogen and oxygen atoms in total. The maximum atomic E-state index is 12.6. The lowest BCUT2D eigenvalue weighted by molar-refractivity contribution is 0.682. The molecule has 0 aliphatic rings. The topological polar surface area (TPSA) is 17.1 Å². The van der Waals surface area contributed by atoms with Gasteiger partial charge in [0.2, 0.25) is 0 Å². The molecule has 0 saturated carbocycles. The second-order valence-electron chi connectivity index (χ2n) is 4.09. The molecule has 0 aliphatic carbocycles. The fraction of sp³-hybridized carbons (Fsp3) is 0.143. The summed E-state index contributed by atoms with van der Waals surface area (Å²) in [6.45, 7) is 3.84. The fourth-order valence-electron chi connectivity index (χ4n) is 1.67. The first kappa shape index (κ1) is 13.6. The molecule has 0 N–H and O–H groups in total. The zero-order valence-electron chi connectivity index (χ0n) is 10.0. The van der Waals surface area contributed by atoms with E-state index in [1.165, 1.54) is 0 Å². The van der Waals surface area contributed by atoms with Crippen molar-refractivity contribution in [2.75, 3.05) is 0 Å². The van der Waals surface area contributed by atoms with E-state index in [4.69, 9.17) is 23.2 Å². The first-order chi connectivity index (χ1) is 8.49. The average molecular weight is 299 g/mol. The van der Waals surface area contributed by atoms with Gasteiger partial charge in [-0.2, -0.15) is 0 Å². The van der Waals surface area contributed by atoms with E-state index in [0.29, 0.717) is 10.0 Å². The third-order valence-electron chi connectivity index (χ3n) is 2.70. The summed E-state index contributed by atoms with van der Waals surface area (Å²) in [7, 11) is -1.26. The highest BCUT2D eigenvalue weighted by molar-refractivity contribution is 7.85. The molecule has 0 radical (unpaired) electrons. The molecular formula is C14H12Cl2OS. The van der Waals surface area contributed by atoms with E-state index in [0.717, 1.165) is 20.9 Å². The fourth-order valence-corrected chi connectivity index (χ4v) is 3.57. The molecule has 2 rings (SSSR count). The summed E-state index contributed by atoms with van der Waals surface area (Å²) >= 11 is 11.9. The van der Waals surface area contributed by atoms with Crippen molar-refractivity contribution in [1.29, 1.82) is 0 Å². The Bertz CT molecular complexity index is 570. The minimum Gasteiger partial charge on any atom is -0.249 e. The lowest BCUT2D eigenvalue weighted by atomic mass is 10.2. The zero-order valence-corrected chi connectivity index (χ0v) is 12.4. The van der Waals surface area contributed by atoms with E-state index in [9.17, 15) is 4.21 Å². The third-order valence-corrected chi connectivity index (χ3v) is 4.85. The van der Waals surface area contributed by atoms with Gasteiger partial charge < -0.3 is 0 Å². The molecule has 94 valence electrons. The van der Waals surface area contributed by atoms with E-state index < -0.39 is 10.8 Å². The lowest BCUT2D eigenvalue weighted by Crippen LogP contribution is -1.98. The Balaban J connectivity index is 2.54. The van der Waals surface area contributed by atoms with Crippen molar-refractivity contribution in [2.24, 2.45) is 0 Å². The first-order valence-corrected chi connectivity index (χ1v) is 7.33. The van der Waals surface area contributed by atoms with Gasteiger partial charge in [-0.15, -0.1) is 0 Å². The van der Waals surface area contributed by atoms with Crippen LogP contribution in [0.3, 0.4) is 0 Å². The van der Waals surface area contributed by atoms with Crippen molar-refractivity contribution in [1.82, 2.24) is 0 Å². The molecule has 0 unspecified atom stereocenters. The van der Waals surface area contributed by atoms with Gasteiger partial charge in [-0.1, -0.05) is 35.3 Å². The molecule has 2 aromatic rings. The van der Waals surface area contributed by atoms with Gasteiger partial charge >= 0.3 is 0 Å². The van der Waals surface area contributed by atoms with Crippen LogP contribution in [0.25, 0.3) is 0 Å². The van der Waals surface area contributed by atoms with Gasteiger partial charge in [0.25, 0.3) is 0 Å². The monoisotopic (exact) mass is 298 g/mol. The van der Waals surface area contributed by atoms with E-state index in [1.807, 2.05) is 26.0 Å². The van der Waals surface area contributed by atoms with Gasteiger partial charge in [0, 0.05) is 19.8 Å². The van der Waals surface area contributed by atoms with Crippen molar-refractivity contribution in [3.8, 4) is 0 Å².